The second-order valence-corrected chi connectivity index (χ2v) is 5.14. The molecule has 1 aliphatic heterocycles. The van der Waals surface area contributed by atoms with Gasteiger partial charge in [0, 0.05) is 23.7 Å². The molecular formula is C14H21ClN2O. The van der Waals surface area contributed by atoms with Crippen molar-refractivity contribution in [3.05, 3.63) is 28.8 Å². The lowest BCUT2D eigenvalue weighted by atomic mass is 10.2. The fourth-order valence-corrected chi connectivity index (χ4v) is 2.52. The van der Waals surface area contributed by atoms with Crippen LogP contribution in [0.25, 0.3) is 0 Å². The SMILES string of the molecule is NCc1cc(Cl)ccc1OCCCN1CCCC1. The number of hydrogen-bond donors (Lipinski definition) is 1. The Hall–Kier alpha value is -0.770. The molecule has 3 nitrogen and oxygen atoms in total. The van der Waals surface area contributed by atoms with E-state index in [0.717, 1.165) is 30.9 Å². The summed E-state index contributed by atoms with van der Waals surface area (Å²) in [4.78, 5) is 2.50. The predicted molar refractivity (Wildman–Crippen MR) is 75.1 cm³/mol. The van der Waals surface area contributed by atoms with Crippen LogP contribution in [0.4, 0.5) is 0 Å². The summed E-state index contributed by atoms with van der Waals surface area (Å²) in [7, 11) is 0. The van der Waals surface area contributed by atoms with Crippen molar-refractivity contribution in [3.8, 4) is 5.75 Å². The van der Waals surface area contributed by atoms with Crippen molar-refractivity contribution in [2.45, 2.75) is 25.8 Å². The van der Waals surface area contributed by atoms with Gasteiger partial charge in [0.25, 0.3) is 0 Å². The van der Waals surface area contributed by atoms with E-state index >= 15 is 0 Å². The van der Waals surface area contributed by atoms with Crippen molar-refractivity contribution in [2.75, 3.05) is 26.2 Å². The van der Waals surface area contributed by atoms with E-state index in [1.807, 2.05) is 18.2 Å². The standard InChI is InChI=1S/C14H21ClN2O/c15-13-4-5-14(12(10-13)11-16)18-9-3-8-17-6-1-2-7-17/h4-5,10H,1-3,6-9,11,16H2. The van der Waals surface area contributed by atoms with Crippen molar-refractivity contribution in [3.63, 3.8) is 0 Å². The molecule has 0 atom stereocenters. The Morgan fingerprint density at radius 1 is 1.28 bits per heavy atom. The highest BCUT2D eigenvalue weighted by molar-refractivity contribution is 6.30. The molecule has 0 spiro atoms. The molecule has 1 aliphatic rings. The highest BCUT2D eigenvalue weighted by atomic mass is 35.5. The van der Waals surface area contributed by atoms with E-state index in [1.165, 1.54) is 25.9 Å². The second kappa shape index (κ2) is 6.98. The summed E-state index contributed by atoms with van der Waals surface area (Å²) in [5.74, 6) is 0.864. The van der Waals surface area contributed by atoms with Crippen molar-refractivity contribution in [2.24, 2.45) is 5.73 Å². The van der Waals surface area contributed by atoms with Crippen LogP contribution in [0, 0.1) is 0 Å². The number of halogens is 1. The minimum absolute atomic E-state index is 0.460. The summed E-state index contributed by atoms with van der Waals surface area (Å²) in [6, 6.07) is 5.62. The van der Waals surface area contributed by atoms with Gasteiger partial charge in [-0.15, -0.1) is 0 Å². The third-order valence-corrected chi connectivity index (χ3v) is 3.55. The molecule has 1 aromatic carbocycles. The molecule has 4 heteroatoms. The van der Waals surface area contributed by atoms with Crippen LogP contribution in [-0.4, -0.2) is 31.1 Å². The zero-order valence-electron chi connectivity index (χ0n) is 10.7. The van der Waals surface area contributed by atoms with Gasteiger partial charge in [-0.3, -0.25) is 0 Å². The molecule has 18 heavy (non-hydrogen) atoms. The number of rotatable bonds is 6. The van der Waals surface area contributed by atoms with Gasteiger partial charge in [0.15, 0.2) is 0 Å². The van der Waals surface area contributed by atoms with Crippen LogP contribution in [0.15, 0.2) is 18.2 Å². The number of nitrogens with zero attached hydrogens (tertiary/aromatic N) is 1. The molecule has 0 bridgehead atoms. The summed E-state index contributed by atoms with van der Waals surface area (Å²) in [6.45, 7) is 4.82. The lowest BCUT2D eigenvalue weighted by Gasteiger charge is -2.15. The van der Waals surface area contributed by atoms with Crippen LogP contribution in [0.2, 0.25) is 5.02 Å². The van der Waals surface area contributed by atoms with Crippen molar-refractivity contribution in [1.82, 2.24) is 4.90 Å². The fraction of sp³-hybridized carbons (Fsp3) is 0.571. The van der Waals surface area contributed by atoms with Gasteiger partial charge in [-0.05, 0) is 50.6 Å². The van der Waals surface area contributed by atoms with Gasteiger partial charge in [0.2, 0.25) is 0 Å². The van der Waals surface area contributed by atoms with Gasteiger partial charge in [0.05, 0.1) is 6.61 Å². The first kappa shape index (κ1) is 13.7. The minimum atomic E-state index is 0.460. The lowest BCUT2D eigenvalue weighted by Crippen LogP contribution is -2.22. The molecule has 100 valence electrons. The molecule has 0 saturated carbocycles. The van der Waals surface area contributed by atoms with Crippen molar-refractivity contribution in [1.29, 1.82) is 0 Å². The zero-order chi connectivity index (χ0) is 12.8. The first-order valence-corrected chi connectivity index (χ1v) is 7.01. The molecule has 1 saturated heterocycles. The van der Waals surface area contributed by atoms with E-state index in [0.29, 0.717) is 11.6 Å². The quantitative estimate of drug-likeness (QED) is 0.806. The van der Waals surface area contributed by atoms with Gasteiger partial charge >= 0.3 is 0 Å². The molecular weight excluding hydrogens is 248 g/mol. The minimum Gasteiger partial charge on any atom is -0.493 e. The Bertz CT molecular complexity index is 378. The number of nitrogens with two attached hydrogens (primary N) is 1. The Kier molecular flexibility index (Phi) is 5.29. The molecule has 1 heterocycles. The molecule has 2 N–H and O–H groups in total. The normalized spacial score (nSPS) is 16.1. The average molecular weight is 269 g/mol. The Morgan fingerprint density at radius 3 is 2.78 bits per heavy atom. The molecule has 2 rings (SSSR count). The molecule has 0 amide bonds. The van der Waals surface area contributed by atoms with Crippen molar-refractivity contribution < 1.29 is 4.74 Å². The van der Waals surface area contributed by atoms with Crippen LogP contribution in [-0.2, 0) is 6.54 Å². The molecule has 1 fully saturated rings. The first-order chi connectivity index (χ1) is 8.79. The van der Waals surface area contributed by atoms with Gasteiger partial charge in [-0.1, -0.05) is 11.6 Å². The summed E-state index contributed by atoms with van der Waals surface area (Å²) in [5, 5.41) is 0.708. The largest absolute Gasteiger partial charge is 0.493 e. The maximum Gasteiger partial charge on any atom is 0.123 e. The second-order valence-electron chi connectivity index (χ2n) is 4.71. The average Bonchev–Trinajstić information content (AvgIpc) is 2.89. The van der Waals surface area contributed by atoms with Crippen LogP contribution in [0.1, 0.15) is 24.8 Å². The van der Waals surface area contributed by atoms with Crippen LogP contribution >= 0.6 is 11.6 Å². The monoisotopic (exact) mass is 268 g/mol. The number of hydrogen-bond acceptors (Lipinski definition) is 3. The summed E-state index contributed by atoms with van der Waals surface area (Å²) in [5.41, 5.74) is 6.65. The maximum atomic E-state index is 5.93. The third kappa shape index (κ3) is 3.87. The number of likely N-dealkylation sites (tertiary alicyclic amines) is 1. The van der Waals surface area contributed by atoms with Gasteiger partial charge in [0.1, 0.15) is 5.75 Å². The Balaban J connectivity index is 1.75. The smallest absolute Gasteiger partial charge is 0.123 e. The molecule has 0 aromatic heterocycles. The summed E-state index contributed by atoms with van der Waals surface area (Å²) in [6.07, 6.45) is 3.75. The van der Waals surface area contributed by atoms with Crippen molar-refractivity contribution >= 4 is 11.6 Å². The van der Waals surface area contributed by atoms with Gasteiger partial charge < -0.3 is 15.4 Å². The Morgan fingerprint density at radius 2 is 2.06 bits per heavy atom. The Labute approximate surface area is 114 Å². The topological polar surface area (TPSA) is 38.5 Å². The lowest BCUT2D eigenvalue weighted by molar-refractivity contribution is 0.262. The molecule has 0 aliphatic carbocycles. The van der Waals surface area contributed by atoms with E-state index in [1.54, 1.807) is 0 Å². The van der Waals surface area contributed by atoms with E-state index < -0.39 is 0 Å². The maximum absolute atomic E-state index is 5.93. The highest BCUT2D eigenvalue weighted by Gasteiger charge is 2.10. The summed E-state index contributed by atoms with van der Waals surface area (Å²) >= 11 is 5.93. The van der Waals surface area contributed by atoms with Crippen LogP contribution in [0.5, 0.6) is 5.75 Å². The van der Waals surface area contributed by atoms with Crippen LogP contribution < -0.4 is 10.5 Å². The number of ether oxygens (including phenoxy) is 1. The van der Waals surface area contributed by atoms with E-state index in [2.05, 4.69) is 4.90 Å². The van der Waals surface area contributed by atoms with Gasteiger partial charge in [-0.25, -0.2) is 0 Å². The number of benzene rings is 1. The van der Waals surface area contributed by atoms with Gasteiger partial charge in [-0.2, -0.15) is 0 Å². The van der Waals surface area contributed by atoms with E-state index in [4.69, 9.17) is 22.1 Å². The third-order valence-electron chi connectivity index (χ3n) is 3.32. The highest BCUT2D eigenvalue weighted by Crippen LogP contribution is 2.22. The van der Waals surface area contributed by atoms with E-state index in [-0.39, 0.29) is 0 Å². The van der Waals surface area contributed by atoms with Crippen LogP contribution in [0.3, 0.4) is 0 Å². The first-order valence-electron chi connectivity index (χ1n) is 6.63. The zero-order valence-corrected chi connectivity index (χ0v) is 11.5. The fourth-order valence-electron chi connectivity index (χ4n) is 2.32. The molecule has 0 unspecified atom stereocenters. The van der Waals surface area contributed by atoms with E-state index in [9.17, 15) is 0 Å². The summed E-state index contributed by atoms with van der Waals surface area (Å²) < 4.78 is 5.78. The molecule has 0 radical (unpaired) electrons. The molecule has 1 aromatic rings. The predicted octanol–water partition coefficient (Wildman–Crippen LogP) is 2.66.